The molecule has 2 atom stereocenters. The van der Waals surface area contributed by atoms with Crippen molar-refractivity contribution >= 4 is 28.8 Å². The molecule has 1 aromatic heterocycles. The molecule has 1 fully saturated rings. The van der Waals surface area contributed by atoms with Crippen LogP contribution >= 0.6 is 11.5 Å². The highest BCUT2D eigenvalue weighted by Crippen LogP contribution is 2.46. The molecule has 0 aromatic carbocycles. The van der Waals surface area contributed by atoms with Crippen molar-refractivity contribution in [3.63, 3.8) is 0 Å². The van der Waals surface area contributed by atoms with Gasteiger partial charge in [0.1, 0.15) is 6.33 Å². The Labute approximate surface area is 133 Å². The summed E-state index contributed by atoms with van der Waals surface area (Å²) in [5.41, 5.74) is -0.0271. The molecule has 2 N–H and O–H groups in total. The zero-order chi connectivity index (χ0) is 16.2. The summed E-state index contributed by atoms with van der Waals surface area (Å²) in [6, 6.07) is -0.323. The topological polar surface area (TPSA) is 96.3 Å². The first-order chi connectivity index (χ1) is 10.3. The predicted molar refractivity (Wildman–Crippen MR) is 84.6 cm³/mol. The zero-order valence-electron chi connectivity index (χ0n) is 13.0. The van der Waals surface area contributed by atoms with Crippen molar-refractivity contribution < 1.29 is 9.59 Å². The van der Waals surface area contributed by atoms with E-state index in [0.717, 1.165) is 30.8 Å². The molecule has 0 spiro atoms. The van der Waals surface area contributed by atoms with Gasteiger partial charge in [0.2, 0.25) is 11.2 Å². The van der Waals surface area contributed by atoms with Gasteiger partial charge in [-0.3, -0.25) is 5.32 Å². The van der Waals surface area contributed by atoms with Crippen LogP contribution in [0.3, 0.4) is 0 Å². The number of nitrogens with one attached hydrogen (secondary N) is 2. The Hall–Kier alpha value is -1.79. The van der Waals surface area contributed by atoms with E-state index >= 15 is 0 Å². The summed E-state index contributed by atoms with van der Waals surface area (Å²) in [7, 11) is 0. The van der Waals surface area contributed by atoms with Crippen molar-refractivity contribution in [1.29, 1.82) is 0 Å². The van der Waals surface area contributed by atoms with Crippen molar-refractivity contribution in [2.75, 3.05) is 11.9 Å². The second-order valence-electron chi connectivity index (χ2n) is 6.99. The fourth-order valence-corrected chi connectivity index (χ4v) is 3.97. The summed E-state index contributed by atoms with van der Waals surface area (Å²) in [5, 5.41) is 5.99. The Bertz CT molecular complexity index is 568. The van der Waals surface area contributed by atoms with Crippen molar-refractivity contribution in [2.45, 2.75) is 46.1 Å². The molecule has 8 heteroatoms. The van der Waals surface area contributed by atoms with Gasteiger partial charge in [-0.15, -0.1) is 0 Å². The highest BCUT2D eigenvalue weighted by Gasteiger charge is 2.41. The lowest BCUT2D eigenvalue weighted by Gasteiger charge is -2.45. The molecule has 0 bridgehead atoms. The van der Waals surface area contributed by atoms with E-state index in [-0.39, 0.29) is 22.9 Å². The van der Waals surface area contributed by atoms with Crippen LogP contribution in [0.5, 0.6) is 0 Å². The first kappa shape index (κ1) is 16.6. The number of aromatic nitrogens is 2. The lowest BCUT2D eigenvalue weighted by Crippen LogP contribution is -2.45. The lowest BCUT2D eigenvalue weighted by atomic mass is 9.63. The second-order valence-corrected chi connectivity index (χ2v) is 7.77. The smallest absolute Gasteiger partial charge is 0.321 e. The van der Waals surface area contributed by atoms with E-state index in [9.17, 15) is 9.59 Å². The van der Waals surface area contributed by atoms with Gasteiger partial charge in [-0.25, -0.2) is 19.6 Å². The normalized spacial score (nSPS) is 26.8. The molecule has 1 aliphatic carbocycles. The fourth-order valence-electron chi connectivity index (χ4n) is 3.54. The summed E-state index contributed by atoms with van der Waals surface area (Å²) >= 11 is 1.13. The van der Waals surface area contributed by atoms with Gasteiger partial charge in [0, 0.05) is 18.1 Å². The van der Waals surface area contributed by atoms with Gasteiger partial charge in [-0.2, -0.15) is 4.37 Å². The largest absolute Gasteiger partial charge is 0.337 e. The molecule has 1 aliphatic rings. The van der Waals surface area contributed by atoms with E-state index in [1.54, 1.807) is 6.08 Å². The highest BCUT2D eigenvalue weighted by molar-refractivity contribution is 7.09. The molecule has 0 saturated heterocycles. The highest BCUT2D eigenvalue weighted by atomic mass is 32.1. The predicted octanol–water partition coefficient (Wildman–Crippen LogP) is 2.58. The fraction of sp³-hybridized carbons (Fsp3) is 0.714. The molecule has 7 nitrogen and oxygen atoms in total. The minimum atomic E-state index is -0.295. The second kappa shape index (κ2) is 6.54. The van der Waals surface area contributed by atoms with Crippen molar-refractivity contribution in [1.82, 2.24) is 14.7 Å². The maximum atomic E-state index is 11.9. The Kier molecular flexibility index (Phi) is 4.93. The number of hydrogen-bond acceptors (Lipinski definition) is 6. The average molecular weight is 323 g/mol. The number of anilines is 1. The first-order valence-corrected chi connectivity index (χ1v) is 7.98. The van der Waals surface area contributed by atoms with Gasteiger partial charge in [-0.05, 0) is 30.1 Å². The van der Waals surface area contributed by atoms with Crippen molar-refractivity contribution in [2.24, 2.45) is 15.8 Å². The number of nitrogens with zero attached hydrogens (tertiary/aromatic N) is 3. The quantitative estimate of drug-likeness (QED) is 0.657. The van der Waals surface area contributed by atoms with Crippen LogP contribution in [0.25, 0.3) is 0 Å². The lowest BCUT2D eigenvalue weighted by molar-refractivity contribution is 0.0855. The molecule has 2 amide bonds. The van der Waals surface area contributed by atoms with Crippen LogP contribution in [0.4, 0.5) is 9.93 Å². The molecule has 22 heavy (non-hydrogen) atoms. The molecule has 0 aliphatic heterocycles. The van der Waals surface area contributed by atoms with Gasteiger partial charge in [-0.1, -0.05) is 20.8 Å². The van der Waals surface area contributed by atoms with Crippen molar-refractivity contribution in [3.05, 3.63) is 6.33 Å². The van der Waals surface area contributed by atoms with Gasteiger partial charge in [0.25, 0.3) is 0 Å². The molecule has 1 aromatic rings. The standard InChI is InChI=1S/C14H21N5O2S/c1-13(2)4-10(17-9-20)5-14(3,6-13)7-15-11(21)19-12-16-8-18-22-12/h8,10H,4-7H2,1-3H3,(H2,15,16,18,19,21). The minimum Gasteiger partial charge on any atom is -0.337 e. The van der Waals surface area contributed by atoms with Crippen LogP contribution in [-0.4, -0.2) is 34.1 Å². The van der Waals surface area contributed by atoms with E-state index in [1.165, 1.54) is 6.33 Å². The minimum absolute atomic E-state index is 0.0285. The summed E-state index contributed by atoms with van der Waals surface area (Å²) < 4.78 is 3.83. The number of amides is 2. The van der Waals surface area contributed by atoms with Gasteiger partial charge in [0.15, 0.2) is 0 Å². The maximum Gasteiger partial charge on any atom is 0.321 e. The van der Waals surface area contributed by atoms with Gasteiger partial charge in [0.05, 0.1) is 6.04 Å². The monoisotopic (exact) mass is 323 g/mol. The van der Waals surface area contributed by atoms with E-state index in [2.05, 4.69) is 45.8 Å². The third-order valence-corrected chi connectivity index (χ3v) is 4.49. The molecule has 0 radical (unpaired) electrons. The van der Waals surface area contributed by atoms with Crippen LogP contribution in [0, 0.1) is 10.8 Å². The third-order valence-electron chi connectivity index (χ3n) is 3.91. The summed E-state index contributed by atoms with van der Waals surface area (Å²) in [5.74, 6) is 0. The van der Waals surface area contributed by atoms with Crippen LogP contribution in [0.2, 0.25) is 0 Å². The van der Waals surface area contributed by atoms with Crippen LogP contribution in [0.1, 0.15) is 40.0 Å². The number of rotatable bonds is 4. The molecule has 120 valence electrons. The summed E-state index contributed by atoms with van der Waals surface area (Å²) in [4.78, 5) is 30.3. The van der Waals surface area contributed by atoms with Gasteiger partial charge >= 0.3 is 6.03 Å². The molecule has 1 saturated carbocycles. The third kappa shape index (κ3) is 4.61. The number of carbonyl (C=O) groups excluding carboxylic acids is 2. The van der Waals surface area contributed by atoms with E-state index in [0.29, 0.717) is 11.7 Å². The molecule has 2 unspecified atom stereocenters. The zero-order valence-corrected chi connectivity index (χ0v) is 13.9. The number of urea groups is 1. The van der Waals surface area contributed by atoms with Crippen molar-refractivity contribution in [3.8, 4) is 0 Å². The van der Waals surface area contributed by atoms with Crippen LogP contribution in [0.15, 0.2) is 11.3 Å². The van der Waals surface area contributed by atoms with E-state index < -0.39 is 0 Å². The molecule has 2 rings (SSSR count). The van der Waals surface area contributed by atoms with E-state index in [1.807, 2.05) is 0 Å². The number of hydrogen-bond donors (Lipinski definition) is 2. The molecule has 1 heterocycles. The maximum absolute atomic E-state index is 11.9. The number of isocyanates is 1. The Morgan fingerprint density at radius 2 is 2.27 bits per heavy atom. The average Bonchev–Trinajstić information content (AvgIpc) is 2.87. The molecular formula is C14H21N5O2S. The summed E-state index contributed by atoms with van der Waals surface area (Å²) in [6.45, 7) is 6.97. The SMILES string of the molecule is CC1(C)CC(N=C=O)CC(C)(CNC(=O)Nc2ncns2)C1. The Balaban J connectivity index is 1.94. The number of carbonyl (C=O) groups is 1. The summed E-state index contributed by atoms with van der Waals surface area (Å²) in [6.07, 6.45) is 5.67. The molecular weight excluding hydrogens is 302 g/mol. The van der Waals surface area contributed by atoms with Crippen LogP contribution in [-0.2, 0) is 4.79 Å². The first-order valence-electron chi connectivity index (χ1n) is 7.20. The number of aliphatic imine (C=N–C) groups is 1. The Morgan fingerprint density at radius 3 is 2.91 bits per heavy atom. The van der Waals surface area contributed by atoms with Crippen LogP contribution < -0.4 is 10.6 Å². The van der Waals surface area contributed by atoms with Gasteiger partial charge < -0.3 is 5.32 Å². The van der Waals surface area contributed by atoms with E-state index in [4.69, 9.17) is 0 Å². The Morgan fingerprint density at radius 1 is 1.50 bits per heavy atom.